The van der Waals surface area contributed by atoms with E-state index < -0.39 is 0 Å². The summed E-state index contributed by atoms with van der Waals surface area (Å²) in [5.41, 5.74) is 3.78. The summed E-state index contributed by atoms with van der Waals surface area (Å²) in [5, 5.41) is 0. The van der Waals surface area contributed by atoms with Crippen LogP contribution in [-0.4, -0.2) is 0 Å². The van der Waals surface area contributed by atoms with Gasteiger partial charge < -0.3 is 13.8 Å². The van der Waals surface area contributed by atoms with E-state index in [9.17, 15) is 0 Å². The van der Waals surface area contributed by atoms with Crippen molar-refractivity contribution in [3.8, 4) is 0 Å². The molecule has 78 valence electrons. The maximum absolute atomic E-state index is 3.25. The van der Waals surface area contributed by atoms with Crippen molar-refractivity contribution in [3.05, 3.63) is 48.7 Å². The van der Waals surface area contributed by atoms with Gasteiger partial charge in [-0.05, 0) is 0 Å². The fourth-order valence-electron chi connectivity index (χ4n) is 1.11. The van der Waals surface area contributed by atoms with Gasteiger partial charge in [0.15, 0.2) is 0 Å². The van der Waals surface area contributed by atoms with Gasteiger partial charge in [-0.2, -0.15) is 48.7 Å². The van der Waals surface area contributed by atoms with Gasteiger partial charge in [0, 0.05) is 19.5 Å². The van der Waals surface area contributed by atoms with Crippen LogP contribution in [0.1, 0.15) is 30.5 Å². The predicted octanol–water partition coefficient (Wildman–Crippen LogP) is 4.09. The first-order valence-corrected chi connectivity index (χ1v) is 4.57. The summed E-state index contributed by atoms with van der Waals surface area (Å²) in [7, 11) is 0. The molecule has 0 aliphatic carbocycles. The van der Waals surface area contributed by atoms with Gasteiger partial charge in [0.25, 0.3) is 0 Å². The molecule has 0 aliphatic rings. The SMILES string of the molecule is Cc1[c-]c(C)cc(C)c1.[CH2-]C.[CH2-]C.[Zn]. The van der Waals surface area contributed by atoms with Crippen LogP contribution in [0.4, 0.5) is 0 Å². The van der Waals surface area contributed by atoms with Crippen molar-refractivity contribution in [3.63, 3.8) is 0 Å². The van der Waals surface area contributed by atoms with Gasteiger partial charge in [0.05, 0.1) is 0 Å². The molecule has 1 heteroatoms. The minimum Gasteiger partial charge on any atom is -0.346 e. The van der Waals surface area contributed by atoms with Gasteiger partial charge in [-0.25, -0.2) is 0 Å². The predicted molar refractivity (Wildman–Crippen MR) is 61.6 cm³/mol. The van der Waals surface area contributed by atoms with E-state index in [0.717, 1.165) is 0 Å². The zero-order valence-electron chi connectivity index (χ0n) is 10.3. The van der Waals surface area contributed by atoms with Gasteiger partial charge in [-0.3, -0.25) is 0 Å². The molecular formula is C13H21Zn-3. The summed E-state index contributed by atoms with van der Waals surface area (Å²) in [5.74, 6) is 0. The van der Waals surface area contributed by atoms with E-state index in [1.165, 1.54) is 16.7 Å². The van der Waals surface area contributed by atoms with E-state index in [1.807, 2.05) is 0 Å². The third-order valence-electron chi connectivity index (χ3n) is 1.28. The average Bonchev–Trinajstić information content (AvgIpc) is 2.09. The normalized spacial score (nSPS) is 7.07. The topological polar surface area (TPSA) is 0 Å². The quantitative estimate of drug-likeness (QED) is 0.475. The number of rotatable bonds is 0. The van der Waals surface area contributed by atoms with E-state index in [4.69, 9.17) is 0 Å². The van der Waals surface area contributed by atoms with Crippen LogP contribution in [0.25, 0.3) is 0 Å². The molecule has 0 atom stereocenters. The largest absolute Gasteiger partial charge is 0.346 e. The smallest absolute Gasteiger partial charge is 0 e. The molecule has 14 heavy (non-hydrogen) atoms. The van der Waals surface area contributed by atoms with E-state index in [2.05, 4.69) is 52.8 Å². The van der Waals surface area contributed by atoms with Crippen molar-refractivity contribution in [2.45, 2.75) is 34.6 Å². The first-order chi connectivity index (χ1) is 6.18. The summed E-state index contributed by atoms with van der Waals surface area (Å²) in [6.45, 7) is 16.2. The summed E-state index contributed by atoms with van der Waals surface area (Å²) in [4.78, 5) is 0. The average molecular weight is 243 g/mol. The number of aryl methyl sites for hydroxylation is 3. The Morgan fingerprint density at radius 1 is 0.857 bits per heavy atom. The van der Waals surface area contributed by atoms with Crippen molar-refractivity contribution < 1.29 is 19.5 Å². The van der Waals surface area contributed by atoms with Gasteiger partial charge >= 0.3 is 0 Å². The van der Waals surface area contributed by atoms with E-state index in [1.54, 1.807) is 13.8 Å². The Labute approximate surface area is 103 Å². The zero-order valence-corrected chi connectivity index (χ0v) is 13.2. The molecule has 1 aromatic carbocycles. The van der Waals surface area contributed by atoms with Crippen LogP contribution in [0, 0.1) is 40.7 Å². The summed E-state index contributed by atoms with van der Waals surface area (Å²) in [6, 6.07) is 7.47. The molecule has 0 heterocycles. The van der Waals surface area contributed by atoms with Gasteiger partial charge in [0.2, 0.25) is 0 Å². The molecule has 0 radical (unpaired) electrons. The Kier molecular flexibility index (Phi) is 17.8. The van der Waals surface area contributed by atoms with Crippen LogP contribution in [0.3, 0.4) is 0 Å². The monoisotopic (exact) mass is 241 g/mol. The van der Waals surface area contributed by atoms with Crippen LogP contribution in [-0.2, 0) is 19.5 Å². The van der Waals surface area contributed by atoms with Crippen molar-refractivity contribution in [2.24, 2.45) is 0 Å². The van der Waals surface area contributed by atoms with Gasteiger partial charge in [-0.1, -0.05) is 20.8 Å². The summed E-state index contributed by atoms with van der Waals surface area (Å²) < 4.78 is 0. The van der Waals surface area contributed by atoms with E-state index >= 15 is 0 Å². The van der Waals surface area contributed by atoms with Crippen molar-refractivity contribution in [1.29, 1.82) is 0 Å². The maximum atomic E-state index is 3.25. The first kappa shape index (κ1) is 19.4. The maximum Gasteiger partial charge on any atom is 0 e. The second-order valence-electron chi connectivity index (χ2n) is 2.52. The molecule has 1 rings (SSSR count). The summed E-state index contributed by atoms with van der Waals surface area (Å²) >= 11 is 0. The van der Waals surface area contributed by atoms with Crippen LogP contribution in [0.2, 0.25) is 0 Å². The van der Waals surface area contributed by atoms with Crippen LogP contribution >= 0.6 is 0 Å². The third-order valence-corrected chi connectivity index (χ3v) is 1.28. The third kappa shape index (κ3) is 9.93. The standard InChI is InChI=1S/C9H11.2C2H5.Zn/c1-7-4-8(2)6-9(3)5-7;2*1-2;/h4-5H,1-3H3;2*1H2,2H3;/q3*-1;. The Hall–Kier alpha value is -0.157. The molecule has 1 aromatic rings. The van der Waals surface area contributed by atoms with Crippen molar-refractivity contribution in [2.75, 3.05) is 0 Å². The molecule has 0 aliphatic heterocycles. The minimum atomic E-state index is 0. The molecule has 0 nitrogen and oxygen atoms in total. The van der Waals surface area contributed by atoms with Crippen LogP contribution in [0.5, 0.6) is 0 Å². The first-order valence-electron chi connectivity index (χ1n) is 4.57. The zero-order chi connectivity index (χ0) is 10.9. The Morgan fingerprint density at radius 3 is 1.36 bits per heavy atom. The molecule has 0 N–H and O–H groups in total. The Morgan fingerprint density at radius 2 is 1.14 bits per heavy atom. The Balaban J connectivity index is -0.000000216. The molecule has 0 saturated carbocycles. The molecule has 0 saturated heterocycles. The van der Waals surface area contributed by atoms with Crippen LogP contribution < -0.4 is 0 Å². The number of benzene rings is 1. The molecule has 0 aromatic heterocycles. The second kappa shape index (κ2) is 12.8. The summed E-state index contributed by atoms with van der Waals surface area (Å²) in [6.07, 6.45) is 0. The van der Waals surface area contributed by atoms with Crippen molar-refractivity contribution in [1.82, 2.24) is 0 Å². The van der Waals surface area contributed by atoms with Gasteiger partial charge in [0.1, 0.15) is 0 Å². The minimum absolute atomic E-state index is 0. The Bertz CT molecular complexity index is 166. The molecule has 0 fully saturated rings. The van der Waals surface area contributed by atoms with Crippen molar-refractivity contribution >= 4 is 0 Å². The number of hydrogen-bond donors (Lipinski definition) is 0. The molecule has 0 amide bonds. The molecule has 0 unspecified atom stereocenters. The molecular weight excluding hydrogens is 222 g/mol. The van der Waals surface area contributed by atoms with E-state index in [0.29, 0.717) is 0 Å². The fraction of sp³-hybridized carbons (Fsp3) is 0.385. The van der Waals surface area contributed by atoms with Gasteiger partial charge in [-0.15, -0.1) is 0 Å². The fourth-order valence-corrected chi connectivity index (χ4v) is 1.11. The number of hydrogen-bond acceptors (Lipinski definition) is 0. The van der Waals surface area contributed by atoms with E-state index in [-0.39, 0.29) is 19.5 Å². The van der Waals surface area contributed by atoms with Crippen LogP contribution in [0.15, 0.2) is 12.1 Å². The molecule has 0 bridgehead atoms. The molecule has 0 spiro atoms. The second-order valence-corrected chi connectivity index (χ2v) is 2.52.